The van der Waals surface area contributed by atoms with Gasteiger partial charge in [-0.15, -0.1) is 0 Å². The number of hydrogen-bond donors (Lipinski definition) is 1. The lowest BCUT2D eigenvalue weighted by atomic mass is 9.86. The van der Waals surface area contributed by atoms with Gasteiger partial charge in [0.05, 0.1) is 25.2 Å². The van der Waals surface area contributed by atoms with Crippen molar-refractivity contribution in [2.45, 2.75) is 38.1 Å². The molecule has 0 radical (unpaired) electrons. The summed E-state index contributed by atoms with van der Waals surface area (Å²) in [6, 6.07) is 10.0. The molecule has 1 saturated carbocycles. The summed E-state index contributed by atoms with van der Waals surface area (Å²) in [7, 11) is -0.556. The van der Waals surface area contributed by atoms with Crippen LogP contribution in [0.5, 0.6) is 5.75 Å². The first kappa shape index (κ1) is 24.1. The number of nitrogens with one attached hydrogen (secondary N) is 1. The molecule has 9 heteroatoms. The fraction of sp³-hybridized carbons (Fsp3) is 0.440. The zero-order valence-electron chi connectivity index (χ0n) is 19.7. The molecule has 1 aliphatic rings. The highest BCUT2D eigenvalue weighted by molar-refractivity contribution is 7.99. The van der Waals surface area contributed by atoms with Gasteiger partial charge in [-0.25, -0.2) is 4.98 Å². The number of methoxy groups -OCH3 is 1. The SMILES string of the molecule is C=S(C)(=O)CCCOc1cccc2c1ccn2-c1ccnc(NC2CCC(C(=O)OC)CC2)n1. The predicted octanol–water partition coefficient (Wildman–Crippen LogP) is 3.68. The molecule has 182 valence electrons. The molecule has 0 spiro atoms. The molecule has 4 rings (SSSR count). The summed E-state index contributed by atoms with van der Waals surface area (Å²) in [5.74, 6) is 6.23. The van der Waals surface area contributed by atoms with Gasteiger partial charge >= 0.3 is 5.97 Å². The van der Waals surface area contributed by atoms with Gasteiger partial charge in [-0.1, -0.05) is 6.07 Å². The van der Waals surface area contributed by atoms with Crippen LogP contribution in [0.25, 0.3) is 16.7 Å². The zero-order chi connectivity index (χ0) is 24.1. The van der Waals surface area contributed by atoms with Crippen LogP contribution in [-0.4, -0.2) is 62.4 Å². The lowest BCUT2D eigenvalue weighted by Gasteiger charge is -2.27. The summed E-state index contributed by atoms with van der Waals surface area (Å²) in [4.78, 5) is 20.9. The number of fused-ring (bicyclic) bond motifs is 1. The monoisotopic (exact) mass is 484 g/mol. The number of ether oxygens (including phenoxy) is 2. The molecule has 0 bridgehead atoms. The van der Waals surface area contributed by atoms with Gasteiger partial charge in [-0.3, -0.25) is 9.00 Å². The van der Waals surface area contributed by atoms with Crippen LogP contribution in [0.1, 0.15) is 32.1 Å². The number of hydrogen-bond acceptors (Lipinski definition) is 7. The second kappa shape index (κ2) is 10.5. The minimum atomic E-state index is -2.00. The Morgan fingerprint density at radius 2 is 2.03 bits per heavy atom. The van der Waals surface area contributed by atoms with Crippen molar-refractivity contribution in [3.8, 4) is 11.6 Å². The third kappa shape index (κ3) is 5.88. The number of rotatable bonds is 9. The van der Waals surface area contributed by atoms with Crippen LogP contribution in [0.4, 0.5) is 5.95 Å². The maximum atomic E-state index is 11.8. The third-order valence-electron chi connectivity index (χ3n) is 6.15. The van der Waals surface area contributed by atoms with Gasteiger partial charge in [0, 0.05) is 35.8 Å². The van der Waals surface area contributed by atoms with Crippen LogP contribution < -0.4 is 10.1 Å². The molecule has 1 atom stereocenters. The van der Waals surface area contributed by atoms with Gasteiger partial charge in [0.1, 0.15) is 11.6 Å². The topological polar surface area (TPSA) is 95.3 Å². The fourth-order valence-electron chi connectivity index (χ4n) is 4.39. The molecule has 34 heavy (non-hydrogen) atoms. The molecule has 0 aliphatic heterocycles. The highest BCUT2D eigenvalue weighted by Crippen LogP contribution is 2.29. The summed E-state index contributed by atoms with van der Waals surface area (Å²) in [6.07, 6.45) is 9.45. The van der Waals surface area contributed by atoms with E-state index in [0.717, 1.165) is 48.2 Å². The number of carbonyl (C=O) groups is 1. The molecule has 2 aromatic heterocycles. The highest BCUT2D eigenvalue weighted by atomic mass is 32.2. The number of benzene rings is 1. The quantitative estimate of drug-likeness (QED) is 0.281. The first-order chi connectivity index (χ1) is 16.3. The summed E-state index contributed by atoms with van der Waals surface area (Å²) in [5.41, 5.74) is 0.984. The number of anilines is 1. The Morgan fingerprint density at radius 1 is 1.24 bits per heavy atom. The van der Waals surface area contributed by atoms with Crippen LogP contribution in [-0.2, 0) is 19.1 Å². The van der Waals surface area contributed by atoms with Gasteiger partial charge in [-0.2, -0.15) is 4.98 Å². The lowest BCUT2D eigenvalue weighted by molar-refractivity contribution is -0.146. The van der Waals surface area contributed by atoms with E-state index in [2.05, 4.69) is 16.2 Å². The van der Waals surface area contributed by atoms with E-state index >= 15 is 0 Å². The van der Waals surface area contributed by atoms with Gasteiger partial charge in [0.25, 0.3) is 0 Å². The molecule has 3 aromatic rings. The molecular weight excluding hydrogens is 452 g/mol. The van der Waals surface area contributed by atoms with Gasteiger partial charge < -0.3 is 19.4 Å². The van der Waals surface area contributed by atoms with E-state index in [0.29, 0.717) is 24.7 Å². The third-order valence-corrected chi connectivity index (χ3v) is 7.31. The second-order valence-electron chi connectivity index (χ2n) is 8.92. The molecule has 1 aromatic carbocycles. The van der Waals surface area contributed by atoms with E-state index in [1.807, 2.05) is 41.1 Å². The Bertz CT molecular complexity index is 1250. The van der Waals surface area contributed by atoms with Gasteiger partial charge in [0.2, 0.25) is 5.95 Å². The van der Waals surface area contributed by atoms with Crippen LogP contribution in [0, 0.1) is 5.92 Å². The van der Waals surface area contributed by atoms with Gasteiger partial charge in [0.15, 0.2) is 0 Å². The van der Waals surface area contributed by atoms with E-state index in [-0.39, 0.29) is 17.9 Å². The lowest BCUT2D eigenvalue weighted by Crippen LogP contribution is -2.30. The molecular formula is C25H32N4O4S. The van der Waals surface area contributed by atoms with Crippen molar-refractivity contribution >= 4 is 38.2 Å². The van der Waals surface area contributed by atoms with Crippen molar-refractivity contribution in [1.82, 2.24) is 14.5 Å². The molecule has 2 heterocycles. The Balaban J connectivity index is 1.44. The molecule has 0 amide bonds. The minimum Gasteiger partial charge on any atom is -0.493 e. The molecule has 0 saturated heterocycles. The number of aromatic nitrogens is 3. The number of esters is 1. The Kier molecular flexibility index (Phi) is 7.41. The van der Waals surface area contributed by atoms with Crippen LogP contribution in [0.3, 0.4) is 0 Å². The zero-order valence-corrected chi connectivity index (χ0v) is 20.6. The maximum Gasteiger partial charge on any atom is 0.308 e. The van der Waals surface area contributed by atoms with Crippen molar-refractivity contribution in [3.63, 3.8) is 0 Å². The molecule has 1 unspecified atom stereocenters. The summed E-state index contributed by atoms with van der Waals surface area (Å²) in [5, 5.41) is 4.42. The predicted molar refractivity (Wildman–Crippen MR) is 136 cm³/mol. The Morgan fingerprint density at radius 3 is 2.76 bits per heavy atom. The Labute approximate surface area is 200 Å². The van der Waals surface area contributed by atoms with Crippen LogP contribution in [0.2, 0.25) is 0 Å². The minimum absolute atomic E-state index is 0.0114. The maximum absolute atomic E-state index is 11.8. The van der Waals surface area contributed by atoms with E-state index in [1.165, 1.54) is 7.11 Å². The first-order valence-electron chi connectivity index (χ1n) is 11.5. The van der Waals surface area contributed by atoms with Crippen molar-refractivity contribution < 1.29 is 18.5 Å². The van der Waals surface area contributed by atoms with E-state index < -0.39 is 9.52 Å². The van der Waals surface area contributed by atoms with E-state index in [4.69, 9.17) is 14.5 Å². The largest absolute Gasteiger partial charge is 0.493 e. The number of carbonyl (C=O) groups excluding carboxylic acids is 1. The Hall–Kier alpha value is -3.07. The van der Waals surface area contributed by atoms with Gasteiger partial charge in [-0.05, 0) is 71.8 Å². The molecule has 1 fully saturated rings. The summed E-state index contributed by atoms with van der Waals surface area (Å²) in [6.45, 7) is 0.491. The van der Waals surface area contributed by atoms with E-state index in [9.17, 15) is 9.00 Å². The second-order valence-corrected chi connectivity index (χ2v) is 11.7. The average Bonchev–Trinajstić information content (AvgIpc) is 3.26. The highest BCUT2D eigenvalue weighted by Gasteiger charge is 2.27. The average molecular weight is 485 g/mol. The molecule has 8 nitrogen and oxygen atoms in total. The summed E-state index contributed by atoms with van der Waals surface area (Å²) < 4.78 is 24.6. The fourth-order valence-corrected chi connectivity index (χ4v) is 5.12. The molecule has 1 N–H and O–H groups in total. The van der Waals surface area contributed by atoms with Crippen LogP contribution >= 0.6 is 0 Å². The normalized spacial score (nSPS) is 19.9. The van der Waals surface area contributed by atoms with Crippen molar-refractivity contribution in [2.75, 3.05) is 31.0 Å². The van der Waals surface area contributed by atoms with Crippen molar-refractivity contribution in [3.05, 3.63) is 42.7 Å². The van der Waals surface area contributed by atoms with Crippen molar-refractivity contribution in [1.29, 1.82) is 0 Å². The smallest absolute Gasteiger partial charge is 0.308 e. The van der Waals surface area contributed by atoms with E-state index in [1.54, 1.807) is 12.5 Å². The first-order valence-corrected chi connectivity index (χ1v) is 13.8. The standard InChI is InChI=1S/C25H32N4O4S/c1-32-24(30)18-8-10-19(11-9-18)27-25-26-14-12-23(28-25)29-15-13-20-21(29)6-4-7-22(20)33-16-5-17-34(2,3)31/h4,6-7,12-15,18-19H,2,5,8-11,16-17H2,1,3H3,(H,26,27,28). The summed E-state index contributed by atoms with van der Waals surface area (Å²) >= 11 is 0. The number of nitrogens with zero attached hydrogens (tertiary/aromatic N) is 3. The van der Waals surface area contributed by atoms with Crippen molar-refractivity contribution in [2.24, 2.45) is 5.92 Å². The molecule has 1 aliphatic carbocycles. The van der Waals surface area contributed by atoms with Crippen LogP contribution in [0.15, 0.2) is 42.7 Å².